The van der Waals surface area contributed by atoms with Crippen molar-refractivity contribution in [2.24, 2.45) is 5.92 Å². The van der Waals surface area contributed by atoms with E-state index in [1.165, 1.54) is 83.1 Å². The highest BCUT2D eigenvalue weighted by Gasteiger charge is 2.24. The molecule has 0 amide bonds. The maximum absolute atomic E-state index is 3.52. The van der Waals surface area contributed by atoms with Gasteiger partial charge < -0.3 is 5.32 Å². The second-order valence-corrected chi connectivity index (χ2v) is 7.22. The summed E-state index contributed by atoms with van der Waals surface area (Å²) in [4.78, 5) is 2.84. The van der Waals surface area contributed by atoms with Crippen molar-refractivity contribution in [2.75, 3.05) is 26.2 Å². The lowest BCUT2D eigenvalue weighted by Gasteiger charge is -2.38. The van der Waals surface area contributed by atoms with Crippen LogP contribution in [0.2, 0.25) is 0 Å². The molecule has 1 N–H and O–H groups in total. The van der Waals surface area contributed by atoms with Crippen LogP contribution in [-0.2, 0) is 6.42 Å². The van der Waals surface area contributed by atoms with Crippen molar-refractivity contribution in [3.63, 3.8) is 0 Å². The van der Waals surface area contributed by atoms with Crippen molar-refractivity contribution < 1.29 is 0 Å². The minimum absolute atomic E-state index is 0.812. The average molecular weight is 300 g/mol. The van der Waals surface area contributed by atoms with Crippen molar-refractivity contribution in [2.45, 2.75) is 57.4 Å². The summed E-state index contributed by atoms with van der Waals surface area (Å²) in [7, 11) is 0. The third-order valence-corrected chi connectivity index (χ3v) is 5.57. The molecule has 3 rings (SSSR count). The van der Waals surface area contributed by atoms with Crippen LogP contribution in [0.5, 0.6) is 0 Å². The largest absolute Gasteiger partial charge is 0.317 e. The van der Waals surface area contributed by atoms with Gasteiger partial charge in [0.15, 0.2) is 0 Å². The molecule has 2 aliphatic rings. The van der Waals surface area contributed by atoms with E-state index in [0.29, 0.717) is 0 Å². The van der Waals surface area contributed by atoms with Crippen LogP contribution in [-0.4, -0.2) is 37.1 Å². The molecule has 0 radical (unpaired) electrons. The Kier molecular flexibility index (Phi) is 6.32. The quantitative estimate of drug-likeness (QED) is 0.858. The Balaban J connectivity index is 1.57. The summed E-state index contributed by atoms with van der Waals surface area (Å²) in [5, 5.41) is 3.52. The zero-order valence-corrected chi connectivity index (χ0v) is 14.0. The first-order chi connectivity index (χ1) is 10.9. The zero-order valence-electron chi connectivity index (χ0n) is 14.0. The predicted octanol–water partition coefficient (Wildman–Crippen LogP) is 3.86. The van der Waals surface area contributed by atoms with Crippen LogP contribution in [0.15, 0.2) is 30.3 Å². The van der Waals surface area contributed by atoms with Crippen LogP contribution in [0.3, 0.4) is 0 Å². The van der Waals surface area contributed by atoms with Crippen LogP contribution in [0.25, 0.3) is 0 Å². The predicted molar refractivity (Wildman–Crippen MR) is 94.2 cm³/mol. The molecular formula is C20H32N2. The average Bonchev–Trinajstić information content (AvgIpc) is 2.61. The summed E-state index contributed by atoms with van der Waals surface area (Å²) in [6.45, 7) is 5.00. The Morgan fingerprint density at radius 2 is 1.64 bits per heavy atom. The Labute approximate surface area is 136 Å². The lowest BCUT2D eigenvalue weighted by atomic mass is 9.88. The van der Waals surface area contributed by atoms with Gasteiger partial charge in [-0.25, -0.2) is 0 Å². The van der Waals surface area contributed by atoms with Crippen LogP contribution in [0.1, 0.15) is 50.5 Å². The second-order valence-electron chi connectivity index (χ2n) is 7.22. The van der Waals surface area contributed by atoms with Crippen LogP contribution < -0.4 is 5.32 Å². The van der Waals surface area contributed by atoms with E-state index >= 15 is 0 Å². The van der Waals surface area contributed by atoms with Crippen molar-refractivity contribution in [1.82, 2.24) is 10.2 Å². The van der Waals surface area contributed by atoms with Crippen molar-refractivity contribution >= 4 is 0 Å². The number of benzene rings is 1. The Hall–Kier alpha value is -0.860. The van der Waals surface area contributed by atoms with Gasteiger partial charge in [-0.15, -0.1) is 0 Å². The first kappa shape index (κ1) is 16.0. The third-order valence-electron chi connectivity index (χ3n) is 5.57. The molecule has 0 spiro atoms. The molecule has 1 saturated heterocycles. The fourth-order valence-electron chi connectivity index (χ4n) is 4.21. The molecule has 1 aromatic rings. The summed E-state index contributed by atoms with van der Waals surface area (Å²) in [6, 6.07) is 11.8. The van der Waals surface area contributed by atoms with E-state index in [1.807, 2.05) is 0 Å². The molecule has 1 aliphatic heterocycles. The summed E-state index contributed by atoms with van der Waals surface area (Å²) in [5.74, 6) is 0.958. The summed E-state index contributed by atoms with van der Waals surface area (Å²) >= 11 is 0. The number of nitrogens with zero attached hydrogens (tertiary/aromatic N) is 1. The topological polar surface area (TPSA) is 15.3 Å². The lowest BCUT2D eigenvalue weighted by molar-refractivity contribution is 0.126. The van der Waals surface area contributed by atoms with E-state index in [2.05, 4.69) is 40.5 Å². The molecule has 1 heterocycles. The van der Waals surface area contributed by atoms with Gasteiger partial charge in [-0.3, -0.25) is 4.90 Å². The first-order valence-electron chi connectivity index (χ1n) is 9.40. The summed E-state index contributed by atoms with van der Waals surface area (Å²) in [6.07, 6.45) is 11.2. The van der Waals surface area contributed by atoms with E-state index in [9.17, 15) is 0 Å². The number of nitrogens with one attached hydrogen (secondary N) is 1. The molecule has 122 valence electrons. The molecule has 0 aromatic heterocycles. The van der Waals surface area contributed by atoms with E-state index < -0.39 is 0 Å². The molecular weight excluding hydrogens is 268 g/mol. The van der Waals surface area contributed by atoms with Crippen LogP contribution in [0, 0.1) is 5.92 Å². The molecule has 1 aromatic carbocycles. The minimum Gasteiger partial charge on any atom is -0.317 e. The van der Waals surface area contributed by atoms with Gasteiger partial charge in [0.2, 0.25) is 0 Å². The second kappa shape index (κ2) is 8.69. The zero-order chi connectivity index (χ0) is 15.0. The highest BCUT2D eigenvalue weighted by molar-refractivity contribution is 5.14. The maximum Gasteiger partial charge on any atom is 0.0120 e. The van der Waals surface area contributed by atoms with Crippen LogP contribution >= 0.6 is 0 Å². The van der Waals surface area contributed by atoms with Gasteiger partial charge in [0.05, 0.1) is 0 Å². The molecule has 2 nitrogen and oxygen atoms in total. The van der Waals surface area contributed by atoms with Gasteiger partial charge in [-0.1, -0.05) is 49.6 Å². The normalized spacial score (nSPS) is 21.3. The first-order valence-corrected chi connectivity index (χ1v) is 9.40. The highest BCUT2D eigenvalue weighted by atomic mass is 15.2. The number of hydrogen-bond acceptors (Lipinski definition) is 2. The van der Waals surface area contributed by atoms with Gasteiger partial charge >= 0.3 is 0 Å². The molecule has 0 bridgehead atoms. The standard InChI is InChI=1S/C20H32N2/c1-3-7-18(8-4-1)13-16-22(20-11-14-21-15-12-20)17-19-9-5-2-6-10-19/h1,3-4,7-8,19-21H,2,5-6,9-17H2. The highest BCUT2D eigenvalue weighted by Crippen LogP contribution is 2.26. The Morgan fingerprint density at radius 1 is 0.909 bits per heavy atom. The van der Waals surface area contributed by atoms with Gasteiger partial charge in [-0.05, 0) is 56.7 Å². The smallest absolute Gasteiger partial charge is 0.0120 e. The van der Waals surface area contributed by atoms with E-state index in [4.69, 9.17) is 0 Å². The maximum atomic E-state index is 3.52. The number of rotatable bonds is 6. The number of hydrogen-bond donors (Lipinski definition) is 1. The Morgan fingerprint density at radius 3 is 2.36 bits per heavy atom. The molecule has 1 aliphatic carbocycles. The van der Waals surface area contributed by atoms with E-state index in [1.54, 1.807) is 0 Å². The van der Waals surface area contributed by atoms with Crippen LogP contribution in [0.4, 0.5) is 0 Å². The minimum atomic E-state index is 0.812. The van der Waals surface area contributed by atoms with Gasteiger partial charge in [0.25, 0.3) is 0 Å². The SMILES string of the molecule is c1ccc(CCN(CC2CCCCC2)C2CCNCC2)cc1. The van der Waals surface area contributed by atoms with Crippen molar-refractivity contribution in [3.05, 3.63) is 35.9 Å². The van der Waals surface area contributed by atoms with Gasteiger partial charge in [-0.2, -0.15) is 0 Å². The summed E-state index contributed by atoms with van der Waals surface area (Å²) < 4.78 is 0. The van der Waals surface area contributed by atoms with E-state index in [-0.39, 0.29) is 0 Å². The number of piperidine rings is 1. The molecule has 2 fully saturated rings. The molecule has 2 heteroatoms. The fraction of sp³-hybridized carbons (Fsp3) is 0.700. The monoisotopic (exact) mass is 300 g/mol. The van der Waals surface area contributed by atoms with Gasteiger partial charge in [0, 0.05) is 19.1 Å². The Bertz CT molecular complexity index is 405. The summed E-state index contributed by atoms with van der Waals surface area (Å²) in [5.41, 5.74) is 1.49. The van der Waals surface area contributed by atoms with Crippen molar-refractivity contribution in [3.8, 4) is 0 Å². The van der Waals surface area contributed by atoms with E-state index in [0.717, 1.165) is 12.0 Å². The molecule has 0 unspecified atom stereocenters. The lowest BCUT2D eigenvalue weighted by Crippen LogP contribution is -2.46. The van der Waals surface area contributed by atoms with Crippen molar-refractivity contribution in [1.29, 1.82) is 0 Å². The molecule has 22 heavy (non-hydrogen) atoms. The van der Waals surface area contributed by atoms with Gasteiger partial charge in [0.1, 0.15) is 0 Å². The molecule has 1 saturated carbocycles. The third kappa shape index (κ3) is 4.82. The molecule has 0 atom stereocenters. The fourth-order valence-corrected chi connectivity index (χ4v) is 4.21.